The molecule has 8 heteroatoms. The number of aromatic nitrogens is 1. The van der Waals surface area contributed by atoms with Crippen molar-refractivity contribution in [1.82, 2.24) is 14.8 Å². The van der Waals surface area contributed by atoms with Crippen LogP contribution in [0.25, 0.3) is 11.3 Å². The number of hydrogen-bond acceptors (Lipinski definition) is 4. The summed E-state index contributed by atoms with van der Waals surface area (Å²) in [7, 11) is 1.88. The smallest absolute Gasteiger partial charge is 0.407 e. The maximum atomic E-state index is 14.5. The summed E-state index contributed by atoms with van der Waals surface area (Å²) in [6.07, 6.45) is 1.88. The van der Waals surface area contributed by atoms with Crippen LogP contribution in [-0.2, 0) is 24.8 Å². The fourth-order valence-electron chi connectivity index (χ4n) is 6.19. The fraction of sp³-hybridized carbons (Fsp3) is 0.225. The van der Waals surface area contributed by atoms with Gasteiger partial charge in [0.15, 0.2) is 0 Å². The third-order valence-electron chi connectivity index (χ3n) is 8.41. The second-order valence-corrected chi connectivity index (χ2v) is 13.0. The van der Waals surface area contributed by atoms with Crippen molar-refractivity contribution >= 4 is 29.3 Å². The van der Waals surface area contributed by atoms with Gasteiger partial charge in [-0.25, -0.2) is 4.79 Å². The lowest BCUT2D eigenvalue weighted by atomic mass is 9.92. The topological polar surface area (TPSA) is 83.9 Å². The number of aryl methyl sites for hydroxylation is 1. The number of rotatable bonds is 7. The molecule has 1 N–H and O–H groups in total. The molecule has 48 heavy (non-hydrogen) atoms. The number of nitrogens with one attached hydrogen (secondary N) is 1. The highest BCUT2D eigenvalue weighted by molar-refractivity contribution is 6.11. The van der Waals surface area contributed by atoms with E-state index in [1.54, 1.807) is 4.90 Å². The molecule has 0 aliphatic carbocycles. The molecule has 8 nitrogen and oxygen atoms in total. The van der Waals surface area contributed by atoms with E-state index in [0.717, 1.165) is 28.2 Å². The predicted molar refractivity (Wildman–Crippen MR) is 188 cm³/mol. The number of para-hydroxylation sites is 2. The normalized spacial score (nSPS) is 14.2. The summed E-state index contributed by atoms with van der Waals surface area (Å²) >= 11 is 0. The van der Waals surface area contributed by atoms with Gasteiger partial charge < -0.3 is 19.5 Å². The number of benzene rings is 4. The van der Waals surface area contributed by atoms with E-state index in [4.69, 9.17) is 4.74 Å². The van der Waals surface area contributed by atoms with Gasteiger partial charge in [0.2, 0.25) is 0 Å². The Labute approximate surface area is 281 Å². The predicted octanol–water partition coefficient (Wildman–Crippen LogP) is 7.76. The van der Waals surface area contributed by atoms with E-state index >= 15 is 0 Å². The quantitative estimate of drug-likeness (QED) is 0.197. The molecule has 244 valence electrons. The number of amides is 3. The largest absolute Gasteiger partial charge is 0.444 e. The number of alkyl carbamates (subject to hydrolysis) is 1. The highest BCUT2D eigenvalue weighted by Gasteiger charge is 2.33. The zero-order valence-corrected chi connectivity index (χ0v) is 27.7. The average molecular weight is 641 g/mol. The van der Waals surface area contributed by atoms with Crippen LogP contribution in [0, 0.1) is 0 Å². The molecular formula is C40H40N4O4. The van der Waals surface area contributed by atoms with Crippen LogP contribution in [0.2, 0.25) is 0 Å². The minimum absolute atomic E-state index is 0.152. The molecule has 1 aromatic heterocycles. The molecule has 2 heterocycles. The molecule has 0 saturated carbocycles. The maximum absolute atomic E-state index is 14.5. The number of nitrogens with zero attached hydrogens (tertiary/aromatic N) is 3. The van der Waals surface area contributed by atoms with E-state index in [-0.39, 0.29) is 24.4 Å². The van der Waals surface area contributed by atoms with Gasteiger partial charge in [-0.15, -0.1) is 0 Å². The van der Waals surface area contributed by atoms with Crippen molar-refractivity contribution in [3.05, 3.63) is 144 Å². The van der Waals surface area contributed by atoms with Crippen molar-refractivity contribution in [2.45, 2.75) is 45.4 Å². The number of carbonyl (C=O) groups excluding carboxylic acids is 3. The highest BCUT2D eigenvalue weighted by Crippen LogP contribution is 2.33. The van der Waals surface area contributed by atoms with Crippen molar-refractivity contribution in [3.63, 3.8) is 0 Å². The van der Waals surface area contributed by atoms with E-state index in [1.807, 2.05) is 153 Å². The van der Waals surface area contributed by atoms with E-state index in [0.29, 0.717) is 29.7 Å². The van der Waals surface area contributed by atoms with Gasteiger partial charge >= 0.3 is 6.09 Å². The first kappa shape index (κ1) is 32.3. The molecule has 6 rings (SSSR count). The van der Waals surface area contributed by atoms with Gasteiger partial charge in [0, 0.05) is 54.5 Å². The Kier molecular flexibility index (Phi) is 9.17. The van der Waals surface area contributed by atoms with Crippen molar-refractivity contribution < 1.29 is 19.1 Å². The fourth-order valence-corrected chi connectivity index (χ4v) is 6.19. The molecule has 1 atom stereocenters. The maximum Gasteiger partial charge on any atom is 0.407 e. The van der Waals surface area contributed by atoms with E-state index in [2.05, 4.69) is 11.4 Å². The number of fused-ring (bicyclic) bond motifs is 1. The molecule has 4 aromatic carbocycles. The summed E-state index contributed by atoms with van der Waals surface area (Å²) in [5.74, 6) is -0.334. The molecule has 0 saturated heterocycles. The minimum Gasteiger partial charge on any atom is -0.444 e. The zero-order valence-electron chi connectivity index (χ0n) is 27.7. The molecule has 0 fully saturated rings. The Hall–Kier alpha value is -5.63. The molecule has 1 aliphatic rings. The zero-order chi connectivity index (χ0) is 33.8. The lowest BCUT2D eigenvalue weighted by Gasteiger charge is -2.37. The van der Waals surface area contributed by atoms with Crippen molar-refractivity contribution in [2.75, 3.05) is 11.4 Å². The Bertz CT molecular complexity index is 1890. The lowest BCUT2D eigenvalue weighted by molar-refractivity contribution is 0.0474. The summed E-state index contributed by atoms with van der Waals surface area (Å²) in [4.78, 5) is 44.8. The third kappa shape index (κ3) is 7.03. The van der Waals surface area contributed by atoms with E-state index in [1.165, 1.54) is 0 Å². The van der Waals surface area contributed by atoms with Gasteiger partial charge in [-0.05, 0) is 74.7 Å². The van der Waals surface area contributed by atoms with Crippen LogP contribution >= 0.6 is 0 Å². The summed E-state index contributed by atoms with van der Waals surface area (Å²) in [5.41, 5.74) is 5.57. The summed E-state index contributed by atoms with van der Waals surface area (Å²) in [6.45, 7) is 6.11. The second kappa shape index (κ2) is 13.6. The minimum atomic E-state index is -0.633. The Morgan fingerprint density at radius 1 is 0.812 bits per heavy atom. The summed E-state index contributed by atoms with van der Waals surface area (Å²) < 4.78 is 7.37. The standard InChI is InChI=1S/C40H40N4O4/c1-40(2,3)48-39(47)41-25-33-23-28-15-11-12-16-29(28)27-43(33)38(46)35-22-14-13-21-34(35)36-24-30(26-42(36)4)37(45)44(31-17-7-5-8-18-31)32-19-9-6-10-20-32/h5-22,24,26,33H,23,25,27H2,1-4H3,(H,41,47)/t33-/m0/s1. The van der Waals surface area contributed by atoms with Gasteiger partial charge in [-0.3, -0.25) is 14.5 Å². The third-order valence-corrected chi connectivity index (χ3v) is 8.41. The molecule has 1 aliphatic heterocycles. The monoisotopic (exact) mass is 640 g/mol. The van der Waals surface area contributed by atoms with Crippen LogP contribution in [0.5, 0.6) is 0 Å². The first-order chi connectivity index (χ1) is 23.1. The van der Waals surface area contributed by atoms with Gasteiger partial charge in [0.05, 0.1) is 11.6 Å². The van der Waals surface area contributed by atoms with Crippen LogP contribution in [0.3, 0.4) is 0 Å². The Morgan fingerprint density at radius 3 is 2.04 bits per heavy atom. The molecule has 0 radical (unpaired) electrons. The number of anilines is 2. The van der Waals surface area contributed by atoms with Crippen molar-refractivity contribution in [2.24, 2.45) is 7.05 Å². The number of ether oxygens (including phenoxy) is 1. The summed E-state index contributed by atoms with van der Waals surface area (Å²) in [6, 6.07) is 36.2. The van der Waals surface area contributed by atoms with Gasteiger partial charge in [0.1, 0.15) is 5.60 Å². The first-order valence-corrected chi connectivity index (χ1v) is 16.1. The summed E-state index contributed by atoms with van der Waals surface area (Å²) in [5, 5.41) is 2.88. The number of carbonyl (C=O) groups is 3. The number of hydrogen-bond donors (Lipinski definition) is 1. The highest BCUT2D eigenvalue weighted by atomic mass is 16.6. The molecule has 0 unspecified atom stereocenters. The van der Waals surface area contributed by atoms with Crippen LogP contribution in [0.4, 0.5) is 16.2 Å². The van der Waals surface area contributed by atoms with Crippen LogP contribution in [-0.4, -0.2) is 45.6 Å². The van der Waals surface area contributed by atoms with Gasteiger partial charge in [-0.1, -0.05) is 78.9 Å². The Morgan fingerprint density at radius 2 is 1.40 bits per heavy atom. The SMILES string of the molecule is Cn1cc(C(=O)N(c2ccccc2)c2ccccc2)cc1-c1ccccc1C(=O)N1Cc2ccccc2C[C@H]1CNC(=O)OC(C)(C)C. The van der Waals surface area contributed by atoms with E-state index in [9.17, 15) is 14.4 Å². The second-order valence-electron chi connectivity index (χ2n) is 13.0. The lowest BCUT2D eigenvalue weighted by Crippen LogP contribution is -2.50. The molecule has 3 amide bonds. The van der Waals surface area contributed by atoms with Crippen molar-refractivity contribution in [1.29, 1.82) is 0 Å². The first-order valence-electron chi connectivity index (χ1n) is 16.1. The molecule has 0 spiro atoms. The van der Waals surface area contributed by atoms with Gasteiger partial charge in [-0.2, -0.15) is 0 Å². The molecule has 5 aromatic rings. The molecule has 0 bridgehead atoms. The van der Waals surface area contributed by atoms with Crippen LogP contribution in [0.1, 0.15) is 52.6 Å². The van der Waals surface area contributed by atoms with Crippen LogP contribution < -0.4 is 10.2 Å². The van der Waals surface area contributed by atoms with Gasteiger partial charge in [0.25, 0.3) is 11.8 Å². The van der Waals surface area contributed by atoms with E-state index < -0.39 is 11.7 Å². The van der Waals surface area contributed by atoms with Crippen molar-refractivity contribution in [3.8, 4) is 11.3 Å². The Balaban J connectivity index is 1.32. The average Bonchev–Trinajstić information content (AvgIpc) is 3.48. The molecular weight excluding hydrogens is 600 g/mol. The van der Waals surface area contributed by atoms with Crippen LogP contribution in [0.15, 0.2) is 121 Å².